The van der Waals surface area contributed by atoms with Crippen LogP contribution in [0.5, 0.6) is 0 Å². The molecule has 0 saturated carbocycles. The molecule has 17 heteroatoms. The van der Waals surface area contributed by atoms with E-state index in [0.717, 1.165) is 86.8 Å². The average Bonchev–Trinajstić information content (AvgIpc) is 4.00. The van der Waals surface area contributed by atoms with Gasteiger partial charge in [0.25, 0.3) is 0 Å². The fourth-order valence-corrected chi connectivity index (χ4v) is 6.78. The number of halogens is 1. The van der Waals surface area contributed by atoms with E-state index < -0.39 is 0 Å². The number of carbonyl (C=O) groups excluding carboxylic acids is 3. The van der Waals surface area contributed by atoms with Crippen LogP contribution in [0.4, 0.5) is 0 Å². The van der Waals surface area contributed by atoms with Gasteiger partial charge in [-0.15, -0.1) is 22.6 Å². The van der Waals surface area contributed by atoms with Crippen LogP contribution in [0.25, 0.3) is 11.4 Å². The number of carbonyl (C=O) groups is 3. The summed E-state index contributed by atoms with van der Waals surface area (Å²) in [6.07, 6.45) is 4.82. The van der Waals surface area contributed by atoms with Gasteiger partial charge in [-0.05, 0) is 81.2 Å². The number of nitrogens with zero attached hydrogens (tertiary/aromatic N) is 11. The third-order valence-corrected chi connectivity index (χ3v) is 9.85. The molecular weight excluding hydrogens is 712 g/mol. The van der Waals surface area contributed by atoms with Gasteiger partial charge in [-0.1, -0.05) is 36.4 Å². The zero-order valence-electron chi connectivity index (χ0n) is 30.0. The van der Waals surface area contributed by atoms with Crippen molar-refractivity contribution in [3.63, 3.8) is 0 Å². The van der Waals surface area contributed by atoms with Crippen LogP contribution in [0.2, 0.25) is 0 Å². The maximum atomic E-state index is 12.8. The number of hydrogen-bond donors (Lipinski definition) is 1. The Labute approximate surface area is 318 Å². The molecule has 3 aromatic carbocycles. The van der Waals surface area contributed by atoms with Crippen LogP contribution in [0.15, 0.2) is 79.4 Å². The highest BCUT2D eigenvalue weighted by Crippen LogP contribution is 2.23. The number of benzene rings is 3. The third-order valence-electron chi connectivity index (χ3n) is 9.85. The van der Waals surface area contributed by atoms with Crippen LogP contribution < -0.4 is 5.32 Å². The molecule has 3 aliphatic rings. The molecule has 0 spiro atoms. The Kier molecular flexibility index (Phi) is 12.7. The first-order valence-corrected chi connectivity index (χ1v) is 17.8. The minimum absolute atomic E-state index is 0. The SMILES string of the molecule is CC(Cc1ccc2c(c1)COC2=O)N1CCN(C(=O)Cc2ccc(-n3cnnn3)cc2)CC1.Cl.O=C(Cc1ccc(-n2cnnn2)cc1)N1CCNCC1. The Hall–Kier alpha value is -5.58. The van der Waals surface area contributed by atoms with Gasteiger partial charge in [0.05, 0.1) is 29.8 Å². The highest BCUT2D eigenvalue weighted by molar-refractivity contribution is 5.93. The minimum Gasteiger partial charge on any atom is -0.457 e. The van der Waals surface area contributed by atoms with Gasteiger partial charge in [0, 0.05) is 64.0 Å². The van der Waals surface area contributed by atoms with Crippen LogP contribution in [-0.2, 0) is 40.2 Å². The maximum Gasteiger partial charge on any atom is 0.338 e. The maximum absolute atomic E-state index is 12.8. The normalized spacial score (nSPS) is 16.1. The summed E-state index contributed by atoms with van der Waals surface area (Å²) in [5, 5.41) is 25.4. The number of hydrogen-bond acceptors (Lipinski definition) is 12. The molecule has 5 heterocycles. The Balaban J connectivity index is 0.000000203. The molecule has 5 aromatic rings. The van der Waals surface area contributed by atoms with E-state index in [1.54, 1.807) is 22.0 Å². The van der Waals surface area contributed by atoms with Gasteiger partial charge in [0.1, 0.15) is 19.3 Å². The van der Waals surface area contributed by atoms with E-state index in [1.165, 1.54) is 5.56 Å². The third kappa shape index (κ3) is 9.50. The number of aromatic nitrogens is 8. The predicted molar refractivity (Wildman–Crippen MR) is 199 cm³/mol. The largest absolute Gasteiger partial charge is 0.457 e. The summed E-state index contributed by atoms with van der Waals surface area (Å²) in [5.41, 5.74) is 6.60. The molecule has 1 atom stereocenters. The monoisotopic (exact) mass is 754 g/mol. The molecule has 8 rings (SSSR count). The van der Waals surface area contributed by atoms with Crippen molar-refractivity contribution in [3.8, 4) is 11.4 Å². The lowest BCUT2D eigenvalue weighted by molar-refractivity contribution is -0.132. The fraction of sp³-hybridized carbons (Fsp3) is 0.378. The molecule has 0 aliphatic carbocycles. The van der Waals surface area contributed by atoms with Gasteiger partial charge in [0.15, 0.2) is 0 Å². The summed E-state index contributed by atoms with van der Waals surface area (Å²) in [6, 6.07) is 21.8. The zero-order chi connectivity index (χ0) is 36.6. The van der Waals surface area contributed by atoms with Crippen LogP contribution in [0.3, 0.4) is 0 Å². The molecule has 0 bridgehead atoms. The summed E-state index contributed by atoms with van der Waals surface area (Å²) in [7, 11) is 0. The Morgan fingerprint density at radius 1 is 0.722 bits per heavy atom. The number of cyclic esters (lactones) is 1. The Bertz CT molecular complexity index is 1980. The lowest BCUT2D eigenvalue weighted by Gasteiger charge is -2.38. The quantitative estimate of drug-likeness (QED) is 0.217. The van der Waals surface area contributed by atoms with Crippen molar-refractivity contribution < 1.29 is 19.1 Å². The second kappa shape index (κ2) is 18.0. The van der Waals surface area contributed by atoms with Gasteiger partial charge < -0.3 is 19.9 Å². The molecule has 282 valence electrons. The minimum atomic E-state index is -0.228. The topological polar surface area (TPSA) is 169 Å². The predicted octanol–water partition coefficient (Wildman–Crippen LogP) is 1.71. The number of fused-ring (bicyclic) bond motifs is 1. The van der Waals surface area contributed by atoms with Crippen molar-refractivity contribution in [3.05, 3.63) is 107 Å². The standard InChI is InChI=1S/C24H26N6O3.C13H16N6O.ClH/c1-17(12-19-4-7-22-20(13-19)15-33-24(22)32)28-8-10-29(11-9-28)23(31)14-18-2-5-21(6-3-18)30-16-25-26-27-30;20-13(18-7-5-14-6-8-18)9-11-1-3-12(4-2-11)19-10-15-16-17-19;/h2-7,13,16-17H,8-12,14-15H2,1H3;1-4,10,14H,5-9H2;1H. The molecule has 2 saturated heterocycles. The Morgan fingerprint density at radius 2 is 1.24 bits per heavy atom. The first-order chi connectivity index (χ1) is 25.9. The summed E-state index contributed by atoms with van der Waals surface area (Å²) < 4.78 is 8.27. The van der Waals surface area contributed by atoms with Gasteiger partial charge >= 0.3 is 5.97 Å². The molecule has 0 radical (unpaired) electrons. The van der Waals surface area contributed by atoms with E-state index >= 15 is 0 Å². The number of tetrazole rings is 2. The van der Waals surface area contributed by atoms with Crippen LogP contribution in [-0.4, -0.2) is 131 Å². The van der Waals surface area contributed by atoms with Crippen molar-refractivity contribution in [1.29, 1.82) is 0 Å². The van der Waals surface area contributed by atoms with E-state index in [2.05, 4.69) is 54.3 Å². The molecule has 2 amide bonds. The van der Waals surface area contributed by atoms with Gasteiger partial charge in [-0.3, -0.25) is 14.5 Å². The van der Waals surface area contributed by atoms with Gasteiger partial charge in [-0.25, -0.2) is 14.2 Å². The van der Waals surface area contributed by atoms with Crippen LogP contribution >= 0.6 is 12.4 Å². The first kappa shape index (κ1) is 38.2. The number of piperazine rings is 2. The molecule has 16 nitrogen and oxygen atoms in total. The fourth-order valence-electron chi connectivity index (χ4n) is 6.78. The molecule has 1 N–H and O–H groups in total. The molecule has 54 heavy (non-hydrogen) atoms. The van der Waals surface area contributed by atoms with E-state index in [9.17, 15) is 14.4 Å². The second-order valence-corrected chi connectivity index (χ2v) is 13.4. The van der Waals surface area contributed by atoms with E-state index in [1.807, 2.05) is 70.5 Å². The molecule has 1 unspecified atom stereocenters. The van der Waals surface area contributed by atoms with Gasteiger partial charge in [-0.2, -0.15) is 0 Å². The molecule has 2 aromatic heterocycles. The van der Waals surface area contributed by atoms with Crippen molar-refractivity contribution in [2.75, 3.05) is 52.4 Å². The highest BCUT2D eigenvalue weighted by atomic mass is 35.5. The highest BCUT2D eigenvalue weighted by Gasteiger charge is 2.26. The number of amides is 2. The van der Waals surface area contributed by atoms with Crippen molar-refractivity contribution >= 4 is 30.2 Å². The number of rotatable bonds is 9. The lowest BCUT2D eigenvalue weighted by Crippen LogP contribution is -2.52. The zero-order valence-corrected chi connectivity index (χ0v) is 30.8. The summed E-state index contributed by atoms with van der Waals surface area (Å²) in [4.78, 5) is 42.9. The van der Waals surface area contributed by atoms with E-state index in [4.69, 9.17) is 4.74 Å². The van der Waals surface area contributed by atoms with Crippen molar-refractivity contribution in [2.24, 2.45) is 0 Å². The molecule has 3 aliphatic heterocycles. The molecule has 2 fully saturated rings. The Morgan fingerprint density at radius 3 is 1.76 bits per heavy atom. The van der Waals surface area contributed by atoms with Crippen molar-refractivity contribution in [1.82, 2.24) is 60.4 Å². The second-order valence-electron chi connectivity index (χ2n) is 13.4. The number of esters is 1. The lowest BCUT2D eigenvalue weighted by atomic mass is 10.0. The summed E-state index contributed by atoms with van der Waals surface area (Å²) in [5.74, 6) is 0.108. The van der Waals surface area contributed by atoms with Crippen LogP contribution in [0.1, 0.15) is 39.5 Å². The first-order valence-electron chi connectivity index (χ1n) is 17.8. The van der Waals surface area contributed by atoms with Crippen molar-refractivity contribution in [2.45, 2.75) is 38.8 Å². The van der Waals surface area contributed by atoms with Gasteiger partial charge in [0.2, 0.25) is 11.8 Å². The number of ether oxygens (including phenoxy) is 1. The smallest absolute Gasteiger partial charge is 0.338 e. The number of nitrogens with one attached hydrogen (secondary N) is 1. The average molecular weight is 755 g/mol. The van der Waals surface area contributed by atoms with Crippen LogP contribution in [0, 0.1) is 0 Å². The van der Waals surface area contributed by atoms with E-state index in [0.29, 0.717) is 31.1 Å². The van der Waals surface area contributed by atoms with E-state index in [-0.39, 0.29) is 30.2 Å². The molecular formula is C37H43ClN12O4. The summed E-state index contributed by atoms with van der Waals surface area (Å²) in [6.45, 7) is 9.12. The summed E-state index contributed by atoms with van der Waals surface area (Å²) >= 11 is 0.